The van der Waals surface area contributed by atoms with Crippen LogP contribution in [-0.2, 0) is 43.0 Å². The van der Waals surface area contributed by atoms with Gasteiger partial charge in [-0.3, -0.25) is 27.6 Å². The van der Waals surface area contributed by atoms with E-state index in [9.17, 15) is 33.2 Å². The van der Waals surface area contributed by atoms with Crippen molar-refractivity contribution in [3.63, 3.8) is 0 Å². The summed E-state index contributed by atoms with van der Waals surface area (Å²) in [7, 11) is -2.29. The minimum atomic E-state index is -4.76. The minimum absolute atomic E-state index is 0.0553. The lowest BCUT2D eigenvalue weighted by Gasteiger charge is -2.15. The van der Waals surface area contributed by atoms with E-state index in [0.29, 0.717) is 22.4 Å². The van der Waals surface area contributed by atoms with Crippen molar-refractivity contribution in [2.24, 2.45) is 7.05 Å². The van der Waals surface area contributed by atoms with Gasteiger partial charge < -0.3 is 38.4 Å². The van der Waals surface area contributed by atoms with Crippen molar-refractivity contribution < 1.29 is 66.0 Å². The van der Waals surface area contributed by atoms with Crippen molar-refractivity contribution in [3.05, 3.63) is 105 Å². The fourth-order valence-electron chi connectivity index (χ4n) is 5.06. The van der Waals surface area contributed by atoms with Crippen molar-refractivity contribution >= 4 is 50.0 Å². The Morgan fingerprint density at radius 1 is 0.755 bits per heavy atom. The lowest BCUT2D eigenvalue weighted by molar-refractivity contribution is 0.0678. The zero-order chi connectivity index (χ0) is 38.8. The van der Waals surface area contributed by atoms with Crippen molar-refractivity contribution in [2.45, 2.75) is 13.2 Å². The van der Waals surface area contributed by atoms with Crippen LogP contribution >= 0.6 is 15.6 Å². The van der Waals surface area contributed by atoms with E-state index in [2.05, 4.69) is 9.05 Å². The van der Waals surface area contributed by atoms with Gasteiger partial charge in [0.1, 0.15) is 5.75 Å². The van der Waals surface area contributed by atoms with Crippen molar-refractivity contribution in [1.82, 2.24) is 13.9 Å². The predicted octanol–water partition coefficient (Wildman–Crippen LogP) is 3.81. The van der Waals surface area contributed by atoms with Crippen LogP contribution in [0.4, 0.5) is 0 Å². The number of methoxy groups -OCH3 is 1. The molecule has 0 radical (unpaired) electrons. The molecule has 5 rings (SSSR count). The van der Waals surface area contributed by atoms with E-state index in [-0.39, 0.29) is 34.5 Å². The molecule has 1 unspecified atom stereocenters. The summed E-state index contributed by atoms with van der Waals surface area (Å²) in [6.45, 7) is -0.792. The van der Waals surface area contributed by atoms with E-state index < -0.39 is 57.2 Å². The molecule has 5 aromatic rings. The number of hydrogen-bond acceptors (Lipinski definition) is 12. The summed E-state index contributed by atoms with van der Waals surface area (Å²) in [6.07, 6.45) is 0. The molecule has 0 saturated carbocycles. The number of ether oxygens (including phenoxy) is 3. The average molecular weight is 774 g/mol. The molecule has 1 atom stereocenters. The van der Waals surface area contributed by atoms with E-state index in [1.54, 1.807) is 18.2 Å². The SMILES string of the molecule is COc1ccc2c(c1)n(C)c(=O)c1c(OC(=O)c3ccc(COP(=O)(O)OC)cc3)c(OC(=O)c3ccc(COP(=O)(O)O)cc3)c(C(=O)N(C)C)n12. The summed E-state index contributed by atoms with van der Waals surface area (Å²) in [5.41, 5.74) is -0.231. The van der Waals surface area contributed by atoms with Crippen molar-refractivity contribution in [1.29, 1.82) is 0 Å². The molecule has 3 aromatic carbocycles. The monoisotopic (exact) mass is 773 g/mol. The van der Waals surface area contributed by atoms with Gasteiger partial charge >= 0.3 is 27.6 Å². The van der Waals surface area contributed by atoms with Crippen LogP contribution < -0.4 is 19.8 Å². The van der Waals surface area contributed by atoms with Crippen LogP contribution in [0.2, 0.25) is 0 Å². The first-order valence-electron chi connectivity index (χ1n) is 15.3. The molecular formula is C33H33N3O15P2. The summed E-state index contributed by atoms with van der Waals surface area (Å²) in [4.78, 5) is 84.0. The number of amides is 1. The number of rotatable bonds is 13. The number of esters is 2. The number of aromatic nitrogens is 2. The first-order valence-corrected chi connectivity index (χ1v) is 18.3. The molecular weight excluding hydrogens is 740 g/mol. The largest absolute Gasteiger partial charge is 0.497 e. The van der Waals surface area contributed by atoms with E-state index in [4.69, 9.17) is 28.5 Å². The molecule has 20 heteroatoms. The third kappa shape index (κ3) is 8.57. The molecule has 0 aliphatic heterocycles. The van der Waals surface area contributed by atoms with Crippen LogP contribution in [0.1, 0.15) is 42.3 Å². The Morgan fingerprint density at radius 2 is 1.28 bits per heavy atom. The number of nitrogens with zero attached hydrogens (tertiary/aromatic N) is 3. The third-order valence-electron chi connectivity index (χ3n) is 7.78. The average Bonchev–Trinajstić information content (AvgIpc) is 3.44. The number of hydrogen-bond donors (Lipinski definition) is 3. The van der Waals surface area contributed by atoms with Crippen molar-refractivity contribution in [3.8, 4) is 17.2 Å². The Labute approximate surface area is 300 Å². The molecule has 3 N–H and O–H groups in total. The molecule has 0 spiro atoms. The molecule has 53 heavy (non-hydrogen) atoms. The zero-order valence-electron chi connectivity index (χ0n) is 28.7. The second kappa shape index (κ2) is 15.4. The summed E-state index contributed by atoms with van der Waals surface area (Å²) in [5.74, 6) is -3.51. The Morgan fingerprint density at radius 3 is 1.77 bits per heavy atom. The van der Waals surface area contributed by atoms with Crippen LogP contribution in [0.25, 0.3) is 16.6 Å². The molecule has 0 fully saturated rings. The van der Waals surface area contributed by atoms with Crippen LogP contribution in [0, 0.1) is 0 Å². The molecule has 2 heterocycles. The highest BCUT2D eigenvalue weighted by Crippen LogP contribution is 2.43. The molecule has 0 bridgehead atoms. The summed E-state index contributed by atoms with van der Waals surface area (Å²) in [6, 6.07) is 15.5. The molecule has 0 aliphatic carbocycles. The number of fused-ring (bicyclic) bond motifs is 3. The Hall–Kier alpha value is -5.16. The van der Waals surface area contributed by atoms with Gasteiger partial charge in [0.25, 0.3) is 11.5 Å². The normalized spacial score (nSPS) is 12.8. The Kier molecular flexibility index (Phi) is 11.4. The highest BCUT2D eigenvalue weighted by Gasteiger charge is 2.34. The van der Waals surface area contributed by atoms with Gasteiger partial charge in [0, 0.05) is 34.3 Å². The molecule has 1 amide bonds. The Bertz CT molecular complexity index is 2380. The standard InChI is InChI=1S/C33H33N3O15P2/c1-34(2)30(37)26-28(50-32(39)21-10-6-19(7-11-21)17-48-52(41,42)43)29(27-31(38)35(3)25-16-23(46-4)14-15-24(25)36(26)27)51-33(40)22-12-8-20(9-13-22)18-49-53(44,45)47-5/h6-16H,17-18H2,1-5H3,(H,44,45)(H2,41,42,43). The quantitative estimate of drug-likeness (QED) is 0.114. The minimum Gasteiger partial charge on any atom is -0.497 e. The highest BCUT2D eigenvalue weighted by atomic mass is 31.2. The van der Waals surface area contributed by atoms with Crippen LogP contribution in [-0.4, -0.2) is 74.7 Å². The maximum atomic E-state index is 14.1. The Balaban J connectivity index is 1.66. The summed E-state index contributed by atoms with van der Waals surface area (Å²) < 4.78 is 55.9. The number of aryl methyl sites for hydroxylation is 1. The molecule has 0 aliphatic rings. The van der Waals surface area contributed by atoms with Gasteiger partial charge in [-0.1, -0.05) is 24.3 Å². The predicted molar refractivity (Wildman–Crippen MR) is 186 cm³/mol. The van der Waals surface area contributed by atoms with Crippen LogP contribution in [0.5, 0.6) is 17.2 Å². The van der Waals surface area contributed by atoms with Crippen LogP contribution in [0.3, 0.4) is 0 Å². The van der Waals surface area contributed by atoms with Gasteiger partial charge in [-0.15, -0.1) is 0 Å². The number of benzene rings is 3. The number of phosphoric acid groups is 2. The maximum Gasteiger partial charge on any atom is 0.472 e. The molecule has 2 aromatic heterocycles. The van der Waals surface area contributed by atoms with Crippen LogP contribution in [0.15, 0.2) is 71.5 Å². The van der Waals surface area contributed by atoms with Gasteiger partial charge in [0.05, 0.1) is 42.5 Å². The molecule has 0 saturated heterocycles. The fourth-order valence-corrected chi connectivity index (χ4v) is 5.79. The number of carbonyl (C=O) groups excluding carboxylic acids is 3. The number of carbonyl (C=O) groups is 3. The fraction of sp³-hybridized carbons (Fsp3) is 0.212. The van der Waals surface area contributed by atoms with E-state index in [0.717, 1.165) is 7.11 Å². The van der Waals surface area contributed by atoms with E-state index in [1.807, 2.05) is 0 Å². The first-order chi connectivity index (χ1) is 24.9. The van der Waals surface area contributed by atoms with Gasteiger partial charge in [-0.2, -0.15) is 0 Å². The molecule has 280 valence electrons. The van der Waals surface area contributed by atoms with E-state index in [1.165, 1.54) is 90.7 Å². The van der Waals surface area contributed by atoms with Gasteiger partial charge in [-0.05, 0) is 47.5 Å². The molecule has 18 nitrogen and oxygen atoms in total. The second-order valence-electron chi connectivity index (χ2n) is 11.5. The lowest BCUT2D eigenvalue weighted by atomic mass is 10.1. The lowest BCUT2D eigenvalue weighted by Crippen LogP contribution is -2.26. The van der Waals surface area contributed by atoms with Crippen molar-refractivity contribution in [2.75, 3.05) is 28.3 Å². The van der Waals surface area contributed by atoms with Gasteiger partial charge in [-0.25, -0.2) is 18.7 Å². The smallest absolute Gasteiger partial charge is 0.472 e. The second-order valence-corrected chi connectivity index (χ2v) is 14.3. The summed E-state index contributed by atoms with van der Waals surface area (Å²) >= 11 is 0. The maximum absolute atomic E-state index is 14.1. The summed E-state index contributed by atoms with van der Waals surface area (Å²) in [5, 5.41) is 0. The van der Waals surface area contributed by atoms with Gasteiger partial charge in [0.2, 0.25) is 11.5 Å². The highest BCUT2D eigenvalue weighted by molar-refractivity contribution is 7.47. The zero-order valence-corrected chi connectivity index (χ0v) is 30.5. The topological polar surface area (TPSA) is 231 Å². The first kappa shape index (κ1) is 39.1. The third-order valence-corrected chi connectivity index (χ3v) is 9.16. The van der Waals surface area contributed by atoms with E-state index >= 15 is 0 Å². The number of phosphoric ester groups is 2. The van der Waals surface area contributed by atoms with Gasteiger partial charge in [0.15, 0.2) is 11.2 Å².